The van der Waals surface area contributed by atoms with Crippen molar-refractivity contribution >= 4 is 40.3 Å². The predicted octanol–water partition coefficient (Wildman–Crippen LogP) is 5.20. The Labute approximate surface area is 218 Å². The van der Waals surface area contributed by atoms with Gasteiger partial charge in [0.1, 0.15) is 17.6 Å². The zero-order valence-corrected chi connectivity index (χ0v) is 21.8. The summed E-state index contributed by atoms with van der Waals surface area (Å²) in [5, 5.41) is 5.76. The Morgan fingerprint density at radius 1 is 1.22 bits per heavy atom. The number of rotatable bonds is 4. The molecule has 2 atom stereocenters. The largest absolute Gasteiger partial charge is 0.444 e. The van der Waals surface area contributed by atoms with Gasteiger partial charge >= 0.3 is 12.1 Å². The van der Waals surface area contributed by atoms with Gasteiger partial charge < -0.3 is 15.4 Å². The molecule has 9 nitrogen and oxygen atoms in total. The highest BCUT2D eigenvalue weighted by atomic mass is 35.5. The molecule has 3 aromatic rings. The summed E-state index contributed by atoms with van der Waals surface area (Å²) in [7, 11) is 0. The first-order chi connectivity index (χ1) is 17.5. The number of alkyl halides is 1. The van der Waals surface area contributed by atoms with E-state index in [1.165, 1.54) is 9.47 Å². The number of ether oxygens (including phenoxy) is 1. The maximum absolute atomic E-state index is 14.8. The molecule has 1 fully saturated rings. The van der Waals surface area contributed by atoms with E-state index < -0.39 is 35.5 Å². The Bertz CT molecular complexity index is 1400. The first-order valence-electron chi connectivity index (χ1n) is 12.0. The van der Waals surface area contributed by atoms with Crippen LogP contribution >= 0.6 is 11.6 Å². The fourth-order valence-electron chi connectivity index (χ4n) is 4.29. The highest BCUT2D eigenvalue weighted by Gasteiger charge is 2.41. The maximum Gasteiger partial charge on any atom is 0.411 e. The number of amides is 3. The maximum atomic E-state index is 14.8. The minimum Gasteiger partial charge on any atom is -0.444 e. The number of anilines is 1. The van der Waals surface area contributed by atoms with Gasteiger partial charge in [0.2, 0.25) is 0 Å². The number of benzene rings is 2. The number of fused-ring (bicyclic) bond motifs is 1. The predicted molar refractivity (Wildman–Crippen MR) is 140 cm³/mol. The van der Waals surface area contributed by atoms with Gasteiger partial charge in [-0.25, -0.2) is 19.0 Å². The van der Waals surface area contributed by atoms with Crippen molar-refractivity contribution < 1.29 is 18.7 Å². The Hall–Kier alpha value is -3.66. The van der Waals surface area contributed by atoms with Gasteiger partial charge in [-0.2, -0.15) is 0 Å². The summed E-state index contributed by atoms with van der Waals surface area (Å²) >= 11 is 6.38. The summed E-state index contributed by atoms with van der Waals surface area (Å²) in [4.78, 5) is 44.9. The van der Waals surface area contributed by atoms with Crippen molar-refractivity contribution in [2.45, 2.75) is 51.9 Å². The van der Waals surface area contributed by atoms with Crippen LogP contribution < -0.4 is 16.2 Å². The molecule has 2 heterocycles. The van der Waals surface area contributed by atoms with Crippen LogP contribution in [0.2, 0.25) is 5.02 Å². The lowest BCUT2D eigenvalue weighted by Gasteiger charge is -2.29. The number of aromatic nitrogens is 2. The Balaban J connectivity index is 1.90. The third-order valence-electron chi connectivity index (χ3n) is 5.75. The minimum atomic E-state index is -1.33. The van der Waals surface area contributed by atoms with E-state index in [0.29, 0.717) is 23.4 Å². The van der Waals surface area contributed by atoms with Crippen LogP contribution in [0.4, 0.5) is 19.7 Å². The second-order valence-corrected chi connectivity index (χ2v) is 10.2. The molecule has 1 aromatic heterocycles. The Morgan fingerprint density at radius 2 is 1.95 bits per heavy atom. The van der Waals surface area contributed by atoms with E-state index in [4.69, 9.17) is 21.3 Å². The average Bonchev–Trinajstić information content (AvgIpc) is 3.20. The molecular weight excluding hydrogens is 501 g/mol. The quantitative estimate of drug-likeness (QED) is 0.483. The second kappa shape index (κ2) is 10.4. The fourth-order valence-corrected chi connectivity index (χ4v) is 4.54. The van der Waals surface area contributed by atoms with Crippen molar-refractivity contribution in [2.75, 3.05) is 18.4 Å². The Morgan fingerprint density at radius 3 is 2.65 bits per heavy atom. The Kier molecular flexibility index (Phi) is 7.40. The van der Waals surface area contributed by atoms with Crippen LogP contribution in [-0.4, -0.2) is 51.4 Å². The van der Waals surface area contributed by atoms with Crippen LogP contribution in [0.3, 0.4) is 0 Å². The van der Waals surface area contributed by atoms with Crippen LogP contribution in [0.1, 0.15) is 46.0 Å². The van der Waals surface area contributed by atoms with E-state index >= 15 is 0 Å². The lowest BCUT2D eigenvalue weighted by molar-refractivity contribution is 0.0209. The van der Waals surface area contributed by atoms with Crippen molar-refractivity contribution in [3.63, 3.8) is 0 Å². The average molecular weight is 530 g/mol. The van der Waals surface area contributed by atoms with E-state index in [9.17, 15) is 18.8 Å². The van der Waals surface area contributed by atoms with Crippen molar-refractivity contribution in [3.05, 3.63) is 63.7 Å². The highest BCUT2D eigenvalue weighted by Crippen LogP contribution is 2.35. The number of urea groups is 1. The van der Waals surface area contributed by atoms with Gasteiger partial charge in [0.25, 0.3) is 5.56 Å². The standard InChI is InChI=1S/C26H29ClFN5O4/c1-5-29-24(35)30-16-8-6-9-17(13-16)33-22(31-19-11-7-10-18(27)21(19)23(33)34)20-12-15(28)14-32(20)25(36)37-26(2,3)4/h6-11,13,15,20H,5,12,14H2,1-4H3,(H2,29,30,35). The SMILES string of the molecule is CCNC(=O)Nc1cccc(-n2c(C3CC(F)CN3C(=O)OC(C)(C)C)nc3cccc(Cl)c3c2=O)c1. The number of hydrogen-bond acceptors (Lipinski definition) is 5. The molecule has 3 amide bonds. The van der Waals surface area contributed by atoms with Gasteiger partial charge in [0.15, 0.2) is 0 Å². The summed E-state index contributed by atoms with van der Waals surface area (Å²) in [6, 6.07) is 10.2. The van der Waals surface area contributed by atoms with E-state index in [1.807, 2.05) is 0 Å². The van der Waals surface area contributed by atoms with Gasteiger partial charge in [0, 0.05) is 18.7 Å². The number of likely N-dealkylation sites (tertiary alicyclic amines) is 1. The van der Waals surface area contributed by atoms with Gasteiger partial charge in [0.05, 0.1) is 34.2 Å². The number of carbonyl (C=O) groups is 2. The van der Waals surface area contributed by atoms with Crippen molar-refractivity contribution in [2.24, 2.45) is 0 Å². The van der Waals surface area contributed by atoms with Gasteiger partial charge in [-0.05, 0) is 58.0 Å². The molecule has 2 aromatic carbocycles. The van der Waals surface area contributed by atoms with E-state index in [1.54, 1.807) is 70.2 Å². The zero-order valence-electron chi connectivity index (χ0n) is 21.0. The third kappa shape index (κ3) is 5.69. The lowest BCUT2D eigenvalue weighted by Crippen LogP contribution is -2.39. The normalized spacial score (nSPS) is 17.6. The molecule has 1 aliphatic rings. The molecule has 4 rings (SSSR count). The summed E-state index contributed by atoms with van der Waals surface area (Å²) in [6.45, 7) is 7.21. The molecule has 196 valence electrons. The van der Waals surface area contributed by atoms with Crippen LogP contribution in [-0.2, 0) is 4.74 Å². The molecule has 37 heavy (non-hydrogen) atoms. The summed E-state index contributed by atoms with van der Waals surface area (Å²) in [5.41, 5.74) is -0.146. The summed E-state index contributed by atoms with van der Waals surface area (Å²) in [5.74, 6) is 0.168. The molecule has 1 aliphatic heterocycles. The van der Waals surface area contributed by atoms with Crippen molar-refractivity contribution in [1.29, 1.82) is 0 Å². The van der Waals surface area contributed by atoms with Crippen LogP contribution in [0.25, 0.3) is 16.6 Å². The lowest BCUT2D eigenvalue weighted by atomic mass is 10.1. The second-order valence-electron chi connectivity index (χ2n) is 9.76. The van der Waals surface area contributed by atoms with Gasteiger partial charge in [-0.15, -0.1) is 0 Å². The van der Waals surface area contributed by atoms with E-state index in [-0.39, 0.29) is 29.2 Å². The zero-order chi connectivity index (χ0) is 26.9. The monoisotopic (exact) mass is 529 g/mol. The number of halogens is 2. The number of carbonyl (C=O) groups excluding carboxylic acids is 2. The first kappa shape index (κ1) is 26.4. The molecule has 2 unspecified atom stereocenters. The summed E-state index contributed by atoms with van der Waals surface area (Å²) < 4.78 is 21.6. The van der Waals surface area contributed by atoms with Gasteiger partial charge in [-0.3, -0.25) is 14.3 Å². The smallest absolute Gasteiger partial charge is 0.411 e. The van der Waals surface area contributed by atoms with Crippen LogP contribution in [0.5, 0.6) is 0 Å². The van der Waals surface area contributed by atoms with Crippen LogP contribution in [0, 0.1) is 0 Å². The number of nitrogens with one attached hydrogen (secondary N) is 2. The number of hydrogen-bond donors (Lipinski definition) is 2. The molecule has 1 saturated heterocycles. The topological polar surface area (TPSA) is 106 Å². The molecule has 2 N–H and O–H groups in total. The molecule has 0 aliphatic carbocycles. The molecule has 0 radical (unpaired) electrons. The number of nitrogens with zero attached hydrogens (tertiary/aromatic N) is 3. The van der Waals surface area contributed by atoms with Crippen molar-refractivity contribution in [3.8, 4) is 5.69 Å². The molecule has 11 heteroatoms. The molecule has 0 spiro atoms. The van der Waals surface area contributed by atoms with Gasteiger partial charge in [-0.1, -0.05) is 23.7 Å². The van der Waals surface area contributed by atoms with Crippen molar-refractivity contribution in [1.82, 2.24) is 19.8 Å². The molecule has 0 bridgehead atoms. The first-order valence-corrected chi connectivity index (χ1v) is 12.4. The highest BCUT2D eigenvalue weighted by molar-refractivity contribution is 6.35. The summed E-state index contributed by atoms with van der Waals surface area (Å²) in [6.07, 6.45) is -2.09. The molecule has 0 saturated carbocycles. The van der Waals surface area contributed by atoms with E-state index in [2.05, 4.69) is 10.6 Å². The third-order valence-corrected chi connectivity index (χ3v) is 6.06. The van der Waals surface area contributed by atoms with Crippen LogP contribution in [0.15, 0.2) is 47.3 Å². The molecular formula is C26H29ClFN5O4. The van der Waals surface area contributed by atoms with E-state index in [0.717, 1.165) is 0 Å². The fraction of sp³-hybridized carbons (Fsp3) is 0.385. The minimum absolute atomic E-state index is 0.0609.